The van der Waals surface area contributed by atoms with E-state index in [2.05, 4.69) is 0 Å². The summed E-state index contributed by atoms with van der Waals surface area (Å²) in [6.07, 6.45) is -6.62. The second-order valence-electron chi connectivity index (χ2n) is 9.96. The number of hydrogen-bond acceptors (Lipinski definition) is 10. The number of esters is 4. The zero-order valence-corrected chi connectivity index (χ0v) is 24.3. The van der Waals surface area contributed by atoms with Crippen LogP contribution in [0.1, 0.15) is 44.4 Å². The van der Waals surface area contributed by atoms with Crippen molar-refractivity contribution in [2.24, 2.45) is 0 Å². The summed E-state index contributed by atoms with van der Waals surface area (Å²) in [5.41, 5.74) is 0.851. The molecular weight excluding hydrogens is 556 g/mol. The first-order chi connectivity index (χ1) is 20.6. The summed E-state index contributed by atoms with van der Waals surface area (Å²) in [4.78, 5) is 48.7. The smallest absolute Gasteiger partial charge is 0.305 e. The van der Waals surface area contributed by atoms with Crippen LogP contribution in [0.2, 0.25) is 0 Å². The third kappa shape index (κ3) is 7.46. The molecule has 0 spiro atoms. The Kier molecular flexibility index (Phi) is 10.3. The van der Waals surface area contributed by atoms with E-state index in [1.54, 1.807) is 0 Å². The van der Waals surface area contributed by atoms with Crippen LogP contribution in [0.5, 0.6) is 0 Å². The molecule has 0 N–H and O–H groups in total. The molecule has 3 aromatic rings. The summed E-state index contributed by atoms with van der Waals surface area (Å²) in [6.45, 7) is 4.40. The Balaban J connectivity index is 1.97. The number of ether oxygens (including phenoxy) is 6. The fourth-order valence-corrected chi connectivity index (χ4v) is 5.18. The van der Waals surface area contributed by atoms with Crippen LogP contribution in [0.3, 0.4) is 0 Å². The number of benzene rings is 3. The summed E-state index contributed by atoms with van der Waals surface area (Å²) in [6, 6.07) is 28.2. The Morgan fingerprint density at radius 1 is 0.581 bits per heavy atom. The van der Waals surface area contributed by atoms with Crippen molar-refractivity contribution in [3.05, 3.63) is 108 Å². The number of carbonyl (C=O) groups excluding carboxylic acids is 4. The normalized spacial score (nSPS) is 21.7. The fraction of sp³-hybridized carbons (Fsp3) is 0.333. The highest BCUT2D eigenvalue weighted by Crippen LogP contribution is 2.44. The van der Waals surface area contributed by atoms with Crippen LogP contribution in [-0.2, 0) is 53.2 Å². The molecule has 0 aliphatic carbocycles. The zero-order valence-electron chi connectivity index (χ0n) is 24.3. The fourth-order valence-electron chi connectivity index (χ4n) is 5.18. The lowest BCUT2D eigenvalue weighted by atomic mass is 9.79. The molecule has 1 heterocycles. The maximum Gasteiger partial charge on any atom is 0.305 e. The third-order valence-corrected chi connectivity index (χ3v) is 6.78. The van der Waals surface area contributed by atoms with Crippen molar-refractivity contribution >= 4 is 23.9 Å². The van der Waals surface area contributed by atoms with E-state index in [0.717, 1.165) is 23.6 Å². The van der Waals surface area contributed by atoms with Gasteiger partial charge in [0.25, 0.3) is 0 Å². The van der Waals surface area contributed by atoms with Gasteiger partial charge >= 0.3 is 23.9 Å². The number of hydrogen-bond donors (Lipinski definition) is 0. The zero-order chi connectivity index (χ0) is 31.0. The molecule has 1 aliphatic heterocycles. The predicted molar refractivity (Wildman–Crippen MR) is 152 cm³/mol. The summed E-state index contributed by atoms with van der Waals surface area (Å²) < 4.78 is 35.3. The van der Waals surface area contributed by atoms with Crippen LogP contribution in [0.4, 0.5) is 0 Å². The topological polar surface area (TPSA) is 124 Å². The molecule has 10 nitrogen and oxygen atoms in total. The minimum atomic E-state index is -1.49. The monoisotopic (exact) mass is 590 g/mol. The molecule has 0 unspecified atom stereocenters. The molecular formula is C33H34O10. The van der Waals surface area contributed by atoms with Gasteiger partial charge in [-0.15, -0.1) is 0 Å². The Morgan fingerprint density at radius 3 is 1.40 bits per heavy atom. The average Bonchev–Trinajstić information content (AvgIpc) is 2.98. The molecule has 10 heteroatoms. The first kappa shape index (κ1) is 31.4. The molecule has 5 atom stereocenters. The maximum atomic E-state index is 12.5. The number of carbonyl (C=O) groups is 4. The van der Waals surface area contributed by atoms with Gasteiger partial charge in [-0.05, 0) is 16.7 Å². The van der Waals surface area contributed by atoms with Crippen molar-refractivity contribution in [1.82, 2.24) is 0 Å². The van der Waals surface area contributed by atoms with Gasteiger partial charge in [-0.2, -0.15) is 0 Å². The summed E-state index contributed by atoms with van der Waals surface area (Å²) in [7, 11) is 0. The van der Waals surface area contributed by atoms with Crippen molar-refractivity contribution in [2.45, 2.75) is 64.0 Å². The quantitative estimate of drug-likeness (QED) is 0.194. The van der Waals surface area contributed by atoms with Crippen LogP contribution in [-0.4, -0.2) is 61.2 Å². The lowest BCUT2D eigenvalue weighted by Crippen LogP contribution is -2.64. The van der Waals surface area contributed by atoms with Crippen LogP contribution in [0, 0.1) is 0 Å². The maximum absolute atomic E-state index is 12.5. The van der Waals surface area contributed by atoms with Crippen LogP contribution in [0.15, 0.2) is 91.0 Å². The van der Waals surface area contributed by atoms with Gasteiger partial charge in [-0.1, -0.05) is 91.0 Å². The van der Waals surface area contributed by atoms with Gasteiger partial charge in [-0.25, -0.2) is 0 Å². The summed E-state index contributed by atoms with van der Waals surface area (Å²) >= 11 is 0. The summed E-state index contributed by atoms with van der Waals surface area (Å²) in [5.74, 6) is -2.78. The van der Waals surface area contributed by atoms with E-state index in [1.807, 2.05) is 91.0 Å². The van der Waals surface area contributed by atoms with Gasteiger partial charge in [0, 0.05) is 27.7 Å². The van der Waals surface area contributed by atoms with Crippen LogP contribution in [0.25, 0.3) is 0 Å². The molecule has 0 aromatic heterocycles. The van der Waals surface area contributed by atoms with Crippen molar-refractivity contribution in [1.29, 1.82) is 0 Å². The second kappa shape index (κ2) is 14.1. The van der Waals surface area contributed by atoms with Crippen molar-refractivity contribution in [3.63, 3.8) is 0 Å². The molecule has 0 saturated carbocycles. The minimum absolute atomic E-state index is 0.350. The minimum Gasteiger partial charge on any atom is -0.463 e. The van der Waals surface area contributed by atoms with Gasteiger partial charge in [0.15, 0.2) is 6.10 Å². The van der Waals surface area contributed by atoms with E-state index < -0.39 is 60.2 Å². The van der Waals surface area contributed by atoms with Gasteiger partial charge in [0.05, 0.1) is 0 Å². The van der Waals surface area contributed by atoms with E-state index >= 15 is 0 Å². The van der Waals surface area contributed by atoms with Crippen molar-refractivity contribution in [2.75, 3.05) is 6.61 Å². The molecule has 43 heavy (non-hydrogen) atoms. The summed E-state index contributed by atoms with van der Waals surface area (Å²) in [5, 5.41) is 0. The van der Waals surface area contributed by atoms with Crippen LogP contribution >= 0.6 is 0 Å². The molecule has 0 amide bonds. The van der Waals surface area contributed by atoms with Gasteiger partial charge < -0.3 is 28.4 Å². The van der Waals surface area contributed by atoms with Crippen molar-refractivity contribution in [3.8, 4) is 0 Å². The molecule has 1 aliphatic rings. The van der Waals surface area contributed by atoms with E-state index in [9.17, 15) is 19.2 Å². The SMILES string of the molecule is CC(=O)OC[C@H]1O[C@H](OC(C)=O)[C@H](OC(C)=O)[C@@H](OC(C)=O)[C@@H]1OC(c1ccccc1)(c1ccccc1)c1ccccc1. The van der Waals surface area contributed by atoms with E-state index in [4.69, 9.17) is 28.4 Å². The van der Waals surface area contributed by atoms with E-state index in [1.165, 1.54) is 20.8 Å². The Labute approximate surface area is 249 Å². The van der Waals surface area contributed by atoms with E-state index in [-0.39, 0.29) is 6.61 Å². The van der Waals surface area contributed by atoms with E-state index in [0.29, 0.717) is 0 Å². The average molecular weight is 591 g/mol. The second-order valence-corrected chi connectivity index (χ2v) is 9.96. The van der Waals surface area contributed by atoms with Gasteiger partial charge in [0.2, 0.25) is 12.4 Å². The Hall–Kier alpha value is -4.54. The predicted octanol–water partition coefficient (Wildman–Crippen LogP) is 4.08. The standard InChI is InChI=1S/C33H34O10/c1-21(34)38-20-28-29(30(39-22(2)35)31(40-23(3)36)32(42-28)41-24(4)37)43-33(25-14-8-5-9-15-25,26-16-10-6-11-17-26)27-18-12-7-13-19-27/h5-19,28-32H,20H2,1-4H3/t28-,29-,30+,31-,32+/m1/s1. The lowest BCUT2D eigenvalue weighted by Gasteiger charge is -2.48. The molecule has 4 rings (SSSR count). The Morgan fingerprint density at radius 2 is 1.00 bits per heavy atom. The lowest BCUT2D eigenvalue weighted by molar-refractivity contribution is -0.312. The molecule has 3 aromatic carbocycles. The highest BCUT2D eigenvalue weighted by Gasteiger charge is 2.55. The number of rotatable bonds is 10. The highest BCUT2D eigenvalue weighted by molar-refractivity contribution is 5.68. The largest absolute Gasteiger partial charge is 0.463 e. The Bertz CT molecular complexity index is 1300. The third-order valence-electron chi connectivity index (χ3n) is 6.78. The molecule has 1 fully saturated rings. The van der Waals surface area contributed by atoms with Gasteiger partial charge in [-0.3, -0.25) is 19.2 Å². The molecule has 0 radical (unpaired) electrons. The van der Waals surface area contributed by atoms with Gasteiger partial charge in [0.1, 0.15) is 24.4 Å². The highest BCUT2D eigenvalue weighted by atomic mass is 16.7. The first-order valence-corrected chi connectivity index (χ1v) is 13.8. The first-order valence-electron chi connectivity index (χ1n) is 13.8. The molecule has 1 saturated heterocycles. The van der Waals surface area contributed by atoms with Crippen molar-refractivity contribution < 1.29 is 47.6 Å². The molecule has 226 valence electrons. The van der Waals surface area contributed by atoms with Crippen LogP contribution < -0.4 is 0 Å². The molecule has 0 bridgehead atoms.